The van der Waals surface area contributed by atoms with Crippen LogP contribution < -0.4 is 0 Å². The van der Waals surface area contributed by atoms with E-state index in [0.717, 1.165) is 17.0 Å². The molecule has 0 atom stereocenters. The first-order valence-corrected chi connectivity index (χ1v) is 3.19. The van der Waals surface area contributed by atoms with E-state index in [9.17, 15) is 0 Å². The van der Waals surface area contributed by atoms with E-state index in [-0.39, 0.29) is 0 Å². The van der Waals surface area contributed by atoms with Crippen LogP contribution in [0.25, 0.3) is 0 Å². The number of aromatic nitrogens is 1. The van der Waals surface area contributed by atoms with Crippen molar-refractivity contribution >= 4 is 6.21 Å². The number of rotatable bonds is 1. The zero-order valence-corrected chi connectivity index (χ0v) is 6.18. The van der Waals surface area contributed by atoms with Gasteiger partial charge in [-0.05, 0) is 26.0 Å². The Bertz CT molecular complexity index is 253. The highest BCUT2D eigenvalue weighted by atomic mass is 14.7. The summed E-state index contributed by atoms with van der Waals surface area (Å²) in [4.78, 5) is 4.19. The Morgan fingerprint density at radius 2 is 2.10 bits per heavy atom. The van der Waals surface area contributed by atoms with Crippen molar-refractivity contribution in [1.82, 2.24) is 4.98 Å². The molecule has 0 radical (unpaired) electrons. The Labute approximate surface area is 60.4 Å². The molecule has 1 aromatic heterocycles. The number of hydrogen-bond donors (Lipinski definition) is 1. The molecule has 2 nitrogen and oxygen atoms in total. The van der Waals surface area contributed by atoms with Gasteiger partial charge in [-0.1, -0.05) is 0 Å². The Morgan fingerprint density at radius 3 is 2.60 bits per heavy atom. The van der Waals surface area contributed by atoms with Gasteiger partial charge in [0, 0.05) is 23.2 Å². The van der Waals surface area contributed by atoms with Gasteiger partial charge < -0.3 is 5.41 Å². The predicted molar refractivity (Wildman–Crippen MR) is 41.6 cm³/mol. The van der Waals surface area contributed by atoms with Gasteiger partial charge in [0.2, 0.25) is 0 Å². The number of nitrogens with zero attached hydrogens (tertiary/aromatic N) is 1. The molecule has 0 saturated carbocycles. The second-order valence-corrected chi connectivity index (χ2v) is 2.27. The summed E-state index contributed by atoms with van der Waals surface area (Å²) in [6, 6.07) is 3.82. The molecule has 2 heteroatoms. The third-order valence-electron chi connectivity index (χ3n) is 1.42. The zero-order chi connectivity index (χ0) is 7.56. The lowest BCUT2D eigenvalue weighted by atomic mass is 10.2. The summed E-state index contributed by atoms with van der Waals surface area (Å²) in [5.41, 5.74) is 2.82. The minimum Gasteiger partial charge on any atom is -0.308 e. The van der Waals surface area contributed by atoms with Crippen LogP contribution in [-0.4, -0.2) is 11.2 Å². The van der Waals surface area contributed by atoms with Gasteiger partial charge in [0.15, 0.2) is 0 Å². The molecule has 0 aliphatic carbocycles. The Balaban J connectivity index is 3.19. The molecule has 0 spiro atoms. The van der Waals surface area contributed by atoms with Gasteiger partial charge in [-0.15, -0.1) is 0 Å². The molecule has 0 fully saturated rings. The van der Waals surface area contributed by atoms with Crippen LogP contribution in [0.3, 0.4) is 0 Å². The topological polar surface area (TPSA) is 36.7 Å². The van der Waals surface area contributed by atoms with Crippen LogP contribution >= 0.6 is 0 Å². The van der Waals surface area contributed by atoms with E-state index in [2.05, 4.69) is 4.98 Å². The molecule has 0 aliphatic rings. The molecular formula is C8H10N2. The van der Waals surface area contributed by atoms with Crippen molar-refractivity contribution in [2.75, 3.05) is 0 Å². The average Bonchev–Trinajstić information content (AvgIpc) is 1.88. The molecule has 52 valence electrons. The minimum atomic E-state index is 0.894. The van der Waals surface area contributed by atoms with Gasteiger partial charge in [-0.2, -0.15) is 0 Å². The highest BCUT2D eigenvalue weighted by Crippen LogP contribution is 2.02. The van der Waals surface area contributed by atoms with Crippen LogP contribution in [0.1, 0.15) is 17.0 Å². The SMILES string of the molecule is Cc1ccc(C=N)c(C)n1. The summed E-state index contributed by atoms with van der Waals surface area (Å²) in [5, 5.41) is 6.99. The van der Waals surface area contributed by atoms with Crippen molar-refractivity contribution in [1.29, 1.82) is 5.41 Å². The molecule has 0 aliphatic heterocycles. The van der Waals surface area contributed by atoms with Crippen molar-refractivity contribution in [2.24, 2.45) is 0 Å². The molecule has 1 rings (SSSR count). The molecule has 1 N–H and O–H groups in total. The lowest BCUT2D eigenvalue weighted by Gasteiger charge is -1.97. The van der Waals surface area contributed by atoms with E-state index in [4.69, 9.17) is 5.41 Å². The molecule has 0 unspecified atom stereocenters. The van der Waals surface area contributed by atoms with Gasteiger partial charge in [0.05, 0.1) is 0 Å². The predicted octanol–water partition coefficient (Wildman–Crippen LogP) is 1.70. The molecule has 0 bridgehead atoms. The zero-order valence-electron chi connectivity index (χ0n) is 6.18. The lowest BCUT2D eigenvalue weighted by Crippen LogP contribution is -1.91. The molecule has 0 amide bonds. The fourth-order valence-electron chi connectivity index (χ4n) is 0.850. The van der Waals surface area contributed by atoms with E-state index in [1.54, 1.807) is 0 Å². The van der Waals surface area contributed by atoms with Crippen LogP contribution in [0, 0.1) is 19.3 Å². The van der Waals surface area contributed by atoms with Gasteiger partial charge in [0.1, 0.15) is 0 Å². The summed E-state index contributed by atoms with van der Waals surface area (Å²) in [6.45, 7) is 3.86. The largest absolute Gasteiger partial charge is 0.308 e. The highest BCUT2D eigenvalue weighted by molar-refractivity contribution is 5.78. The summed E-state index contributed by atoms with van der Waals surface area (Å²) in [7, 11) is 0. The van der Waals surface area contributed by atoms with E-state index < -0.39 is 0 Å². The first-order valence-electron chi connectivity index (χ1n) is 3.19. The van der Waals surface area contributed by atoms with E-state index in [1.165, 1.54) is 6.21 Å². The lowest BCUT2D eigenvalue weighted by molar-refractivity contribution is 1.12. The van der Waals surface area contributed by atoms with Crippen molar-refractivity contribution < 1.29 is 0 Å². The molecule has 1 aromatic rings. The highest BCUT2D eigenvalue weighted by Gasteiger charge is 1.93. The van der Waals surface area contributed by atoms with E-state index in [1.807, 2.05) is 26.0 Å². The first-order chi connectivity index (χ1) is 4.74. The van der Waals surface area contributed by atoms with Gasteiger partial charge >= 0.3 is 0 Å². The second kappa shape index (κ2) is 2.60. The van der Waals surface area contributed by atoms with Crippen molar-refractivity contribution in [3.63, 3.8) is 0 Å². The molecular weight excluding hydrogens is 124 g/mol. The third kappa shape index (κ3) is 1.21. The van der Waals surface area contributed by atoms with E-state index in [0.29, 0.717) is 0 Å². The fraction of sp³-hybridized carbons (Fsp3) is 0.250. The normalized spacial score (nSPS) is 9.40. The Kier molecular flexibility index (Phi) is 1.81. The maximum Gasteiger partial charge on any atom is 0.0463 e. The summed E-state index contributed by atoms with van der Waals surface area (Å²) >= 11 is 0. The van der Waals surface area contributed by atoms with Crippen LogP contribution in [-0.2, 0) is 0 Å². The number of aryl methyl sites for hydroxylation is 2. The maximum absolute atomic E-state index is 6.99. The van der Waals surface area contributed by atoms with Crippen LogP contribution in [0.15, 0.2) is 12.1 Å². The standard InChI is InChI=1S/C8H10N2/c1-6-3-4-8(5-9)7(2)10-6/h3-5,9H,1-2H3. The van der Waals surface area contributed by atoms with Gasteiger partial charge in [-0.3, -0.25) is 4.98 Å². The van der Waals surface area contributed by atoms with Gasteiger partial charge in [-0.25, -0.2) is 0 Å². The van der Waals surface area contributed by atoms with E-state index >= 15 is 0 Å². The van der Waals surface area contributed by atoms with Gasteiger partial charge in [0.25, 0.3) is 0 Å². The quantitative estimate of drug-likeness (QED) is 0.583. The Hall–Kier alpha value is -1.18. The van der Waals surface area contributed by atoms with Crippen LogP contribution in [0.4, 0.5) is 0 Å². The van der Waals surface area contributed by atoms with Crippen LogP contribution in [0.5, 0.6) is 0 Å². The smallest absolute Gasteiger partial charge is 0.0463 e. The number of hydrogen-bond acceptors (Lipinski definition) is 2. The molecule has 0 saturated heterocycles. The maximum atomic E-state index is 6.99. The first kappa shape index (κ1) is 6.93. The second-order valence-electron chi connectivity index (χ2n) is 2.27. The number of nitrogens with one attached hydrogen (secondary N) is 1. The third-order valence-corrected chi connectivity index (χ3v) is 1.42. The monoisotopic (exact) mass is 134 g/mol. The average molecular weight is 134 g/mol. The summed E-state index contributed by atoms with van der Waals surface area (Å²) in [5.74, 6) is 0. The van der Waals surface area contributed by atoms with Crippen molar-refractivity contribution in [3.8, 4) is 0 Å². The summed E-state index contributed by atoms with van der Waals surface area (Å²) in [6.07, 6.45) is 1.32. The van der Waals surface area contributed by atoms with Crippen LogP contribution in [0.2, 0.25) is 0 Å². The Morgan fingerprint density at radius 1 is 1.40 bits per heavy atom. The fourth-order valence-corrected chi connectivity index (χ4v) is 0.850. The molecule has 1 heterocycles. The molecule has 10 heavy (non-hydrogen) atoms. The van der Waals surface area contributed by atoms with Crippen molar-refractivity contribution in [2.45, 2.75) is 13.8 Å². The summed E-state index contributed by atoms with van der Waals surface area (Å²) < 4.78 is 0. The minimum absolute atomic E-state index is 0.894. The molecule has 0 aromatic carbocycles. The van der Waals surface area contributed by atoms with Crippen molar-refractivity contribution in [3.05, 3.63) is 29.1 Å². The number of pyridine rings is 1.